The molecule has 1 nitrogen and oxygen atoms in total. The van der Waals surface area contributed by atoms with Crippen LogP contribution in [0.25, 0.3) is 0 Å². The van der Waals surface area contributed by atoms with Crippen LogP contribution in [0.2, 0.25) is 18.1 Å². The first-order valence-electron chi connectivity index (χ1n) is 4.70. The Kier molecular flexibility index (Phi) is 4.37. The van der Waals surface area contributed by atoms with E-state index in [0.29, 0.717) is 5.02 Å². The van der Waals surface area contributed by atoms with Crippen molar-refractivity contribution in [2.45, 2.75) is 19.2 Å². The quantitative estimate of drug-likeness (QED) is 0.631. The van der Waals surface area contributed by atoms with Crippen LogP contribution in [0.5, 0.6) is 0 Å². The second-order valence-electron chi connectivity index (χ2n) is 3.54. The first kappa shape index (κ1) is 12.3. The monoisotopic (exact) mass is 237 g/mol. The Morgan fingerprint density at radius 3 is 2.33 bits per heavy atom. The molecule has 0 spiro atoms. The van der Waals surface area contributed by atoms with E-state index >= 15 is 0 Å². The first-order valence-corrected chi connectivity index (χ1v) is 7.58. The van der Waals surface area contributed by atoms with Crippen molar-refractivity contribution in [3.63, 3.8) is 0 Å². The van der Waals surface area contributed by atoms with Gasteiger partial charge in [0, 0.05) is 5.02 Å². The smallest absolute Gasteiger partial charge is 0.103 e. The van der Waals surface area contributed by atoms with Crippen molar-refractivity contribution >= 4 is 20.4 Å². The zero-order chi connectivity index (χ0) is 11.4. The number of benzene rings is 1. The van der Waals surface area contributed by atoms with Crippen LogP contribution in [0.15, 0.2) is 41.8 Å². The molecule has 0 saturated heterocycles. The molecule has 0 fully saturated rings. The molecule has 0 amide bonds. The van der Waals surface area contributed by atoms with Crippen LogP contribution in [-0.4, -0.2) is 13.9 Å². The number of hydrogen-bond donors (Lipinski definition) is 1. The van der Waals surface area contributed by atoms with E-state index in [-0.39, 0.29) is 0 Å². The standard InChI is InChI=1S/C12H14ClOSi/c1-4-11(15(2)3)12(14)9-5-7-10(13)8-6-9/h5-8,12,14H,1H2,2-3H3/t12-/m1/s1. The lowest BCUT2D eigenvalue weighted by atomic mass is 10.1. The molecule has 0 aliphatic carbocycles. The maximum Gasteiger partial charge on any atom is 0.103 e. The normalized spacial score (nSPS) is 12.3. The Hall–Kier alpha value is -0.793. The van der Waals surface area contributed by atoms with E-state index < -0.39 is 14.9 Å². The molecule has 1 rings (SSSR count). The van der Waals surface area contributed by atoms with Crippen molar-refractivity contribution in [1.82, 2.24) is 0 Å². The van der Waals surface area contributed by atoms with Crippen molar-refractivity contribution < 1.29 is 5.11 Å². The minimum atomic E-state index is -0.720. The van der Waals surface area contributed by atoms with E-state index in [2.05, 4.69) is 25.4 Å². The lowest BCUT2D eigenvalue weighted by Gasteiger charge is -2.15. The van der Waals surface area contributed by atoms with Gasteiger partial charge < -0.3 is 5.11 Å². The van der Waals surface area contributed by atoms with Gasteiger partial charge in [-0.15, -0.1) is 5.73 Å². The third-order valence-corrected chi connectivity index (χ3v) is 3.97. The lowest BCUT2D eigenvalue weighted by Crippen LogP contribution is -2.13. The zero-order valence-electron chi connectivity index (χ0n) is 8.92. The summed E-state index contributed by atoms with van der Waals surface area (Å²) < 4.78 is 0. The van der Waals surface area contributed by atoms with Gasteiger partial charge in [-0.1, -0.05) is 43.4 Å². The Labute approximate surface area is 97.3 Å². The van der Waals surface area contributed by atoms with Gasteiger partial charge in [-0.25, -0.2) is 0 Å². The van der Waals surface area contributed by atoms with Gasteiger partial charge in [0.15, 0.2) is 0 Å². The summed E-state index contributed by atoms with van der Waals surface area (Å²) in [4.78, 5) is 0. The van der Waals surface area contributed by atoms with Gasteiger partial charge in [-0.2, -0.15) is 0 Å². The Morgan fingerprint density at radius 2 is 1.93 bits per heavy atom. The molecule has 0 aliphatic heterocycles. The fourth-order valence-corrected chi connectivity index (χ4v) is 2.55. The molecular weight excluding hydrogens is 224 g/mol. The van der Waals surface area contributed by atoms with E-state index in [1.54, 1.807) is 12.1 Å². The summed E-state index contributed by atoms with van der Waals surface area (Å²) in [6, 6.07) is 7.21. The maximum atomic E-state index is 10.1. The molecule has 1 aromatic rings. The predicted molar refractivity (Wildman–Crippen MR) is 66.5 cm³/mol. The molecule has 79 valence electrons. The maximum absolute atomic E-state index is 10.1. The molecule has 0 bridgehead atoms. The summed E-state index contributed by atoms with van der Waals surface area (Å²) in [5.74, 6) is 0. The Balaban J connectivity index is 2.98. The van der Waals surface area contributed by atoms with Crippen LogP contribution in [-0.2, 0) is 0 Å². The van der Waals surface area contributed by atoms with Crippen LogP contribution in [0.4, 0.5) is 0 Å². The van der Waals surface area contributed by atoms with E-state index in [0.717, 1.165) is 10.8 Å². The molecule has 1 atom stereocenters. The molecule has 0 aliphatic rings. The van der Waals surface area contributed by atoms with Crippen molar-refractivity contribution in [2.24, 2.45) is 0 Å². The third kappa shape index (κ3) is 3.08. The van der Waals surface area contributed by atoms with E-state index in [9.17, 15) is 5.11 Å². The molecule has 3 heteroatoms. The van der Waals surface area contributed by atoms with Gasteiger partial charge in [0.2, 0.25) is 0 Å². The molecule has 0 aromatic heterocycles. The molecule has 1 aromatic carbocycles. The fraction of sp³-hybridized carbons (Fsp3) is 0.250. The van der Waals surface area contributed by atoms with Crippen molar-refractivity contribution in [2.75, 3.05) is 0 Å². The number of rotatable bonds is 3. The summed E-state index contributed by atoms with van der Waals surface area (Å²) in [7, 11) is -0.720. The topological polar surface area (TPSA) is 20.2 Å². The zero-order valence-corrected chi connectivity index (χ0v) is 10.7. The summed E-state index contributed by atoms with van der Waals surface area (Å²) in [6.45, 7) is 7.84. The summed E-state index contributed by atoms with van der Waals surface area (Å²) >= 11 is 5.78. The molecule has 1 N–H and O–H groups in total. The van der Waals surface area contributed by atoms with Crippen LogP contribution in [0.3, 0.4) is 0 Å². The fourth-order valence-electron chi connectivity index (χ4n) is 1.36. The van der Waals surface area contributed by atoms with Gasteiger partial charge in [0.05, 0.1) is 8.80 Å². The van der Waals surface area contributed by atoms with E-state index in [1.807, 2.05) is 12.1 Å². The van der Waals surface area contributed by atoms with Crippen LogP contribution in [0, 0.1) is 0 Å². The lowest BCUT2D eigenvalue weighted by molar-refractivity contribution is 0.223. The highest BCUT2D eigenvalue weighted by molar-refractivity contribution is 6.64. The van der Waals surface area contributed by atoms with Crippen molar-refractivity contribution in [3.8, 4) is 0 Å². The Bertz CT molecular complexity index is 377. The number of hydrogen-bond acceptors (Lipinski definition) is 1. The highest BCUT2D eigenvalue weighted by Gasteiger charge is 2.16. The summed E-state index contributed by atoms with van der Waals surface area (Å²) in [5.41, 5.74) is 3.69. The summed E-state index contributed by atoms with van der Waals surface area (Å²) in [5, 5.41) is 11.7. The number of aliphatic hydroxyl groups excluding tert-OH is 1. The minimum Gasteiger partial charge on any atom is -0.384 e. The van der Waals surface area contributed by atoms with Gasteiger partial charge >= 0.3 is 0 Å². The highest BCUT2D eigenvalue weighted by Crippen LogP contribution is 2.23. The second-order valence-corrected chi connectivity index (χ2v) is 6.52. The van der Waals surface area contributed by atoms with Gasteiger partial charge in [-0.3, -0.25) is 0 Å². The predicted octanol–water partition coefficient (Wildman–Crippen LogP) is 3.38. The highest BCUT2D eigenvalue weighted by atomic mass is 35.5. The molecular formula is C12H14ClOSi. The molecule has 0 saturated carbocycles. The SMILES string of the molecule is C=C=C([C@H](O)c1ccc(Cl)cc1)[Si](C)C. The van der Waals surface area contributed by atoms with E-state index in [4.69, 9.17) is 11.6 Å². The first-order chi connectivity index (χ1) is 7.06. The Morgan fingerprint density at radius 1 is 1.40 bits per heavy atom. The second kappa shape index (κ2) is 5.33. The molecule has 15 heavy (non-hydrogen) atoms. The van der Waals surface area contributed by atoms with E-state index in [1.165, 1.54) is 0 Å². The van der Waals surface area contributed by atoms with Crippen LogP contribution in [0.1, 0.15) is 11.7 Å². The minimum absolute atomic E-state index is 0.594. The van der Waals surface area contributed by atoms with Crippen molar-refractivity contribution in [3.05, 3.63) is 52.4 Å². The van der Waals surface area contributed by atoms with Crippen molar-refractivity contribution in [1.29, 1.82) is 0 Å². The molecule has 1 radical (unpaired) electrons. The van der Waals surface area contributed by atoms with Crippen LogP contribution >= 0.6 is 11.6 Å². The number of halogens is 1. The van der Waals surface area contributed by atoms with Gasteiger partial charge in [0.25, 0.3) is 0 Å². The third-order valence-electron chi connectivity index (χ3n) is 2.19. The molecule has 0 unspecified atom stereocenters. The summed E-state index contributed by atoms with van der Waals surface area (Å²) in [6.07, 6.45) is -0.594. The van der Waals surface area contributed by atoms with Crippen LogP contribution < -0.4 is 0 Å². The number of aliphatic hydroxyl groups is 1. The average Bonchev–Trinajstić information content (AvgIpc) is 2.19. The average molecular weight is 238 g/mol. The van der Waals surface area contributed by atoms with Gasteiger partial charge in [-0.05, 0) is 22.9 Å². The molecule has 0 heterocycles. The van der Waals surface area contributed by atoms with Gasteiger partial charge in [0.1, 0.15) is 6.10 Å². The largest absolute Gasteiger partial charge is 0.384 e.